The van der Waals surface area contributed by atoms with E-state index in [0.717, 1.165) is 17.8 Å². The lowest BCUT2D eigenvalue weighted by atomic mass is 10.2. The molecular formula is C19H27N7O2. The van der Waals surface area contributed by atoms with Crippen LogP contribution >= 0.6 is 0 Å². The number of allylic oxidation sites excluding steroid dienone is 1. The molecule has 9 nitrogen and oxygen atoms in total. The van der Waals surface area contributed by atoms with Crippen LogP contribution in [0.4, 0.5) is 5.69 Å². The number of anilines is 1. The summed E-state index contributed by atoms with van der Waals surface area (Å²) in [5.41, 5.74) is 8.61. The van der Waals surface area contributed by atoms with Gasteiger partial charge in [0.25, 0.3) is 5.56 Å². The van der Waals surface area contributed by atoms with Gasteiger partial charge in [-0.2, -0.15) is 5.10 Å². The molecule has 1 aliphatic rings. The van der Waals surface area contributed by atoms with Gasteiger partial charge in [-0.1, -0.05) is 0 Å². The van der Waals surface area contributed by atoms with Crippen LogP contribution in [0.5, 0.6) is 5.88 Å². The Balaban J connectivity index is 1.60. The Labute approximate surface area is 163 Å². The molecule has 2 aromatic rings. The number of hydrogen-bond donors (Lipinski definition) is 2. The van der Waals surface area contributed by atoms with Crippen molar-refractivity contribution in [2.24, 2.45) is 30.7 Å². The van der Waals surface area contributed by atoms with Crippen molar-refractivity contribution in [3.8, 4) is 5.88 Å². The monoisotopic (exact) mass is 385 g/mol. The first-order valence-electron chi connectivity index (χ1n) is 9.21. The Morgan fingerprint density at radius 3 is 2.93 bits per heavy atom. The van der Waals surface area contributed by atoms with E-state index in [0.29, 0.717) is 42.3 Å². The lowest BCUT2D eigenvalue weighted by molar-refractivity contribution is 0.278. The molecule has 9 heteroatoms. The molecule has 1 saturated carbocycles. The molecule has 1 aliphatic carbocycles. The van der Waals surface area contributed by atoms with Gasteiger partial charge >= 0.3 is 0 Å². The molecule has 0 aliphatic heterocycles. The molecule has 2 aromatic heterocycles. The molecule has 0 amide bonds. The Morgan fingerprint density at radius 2 is 2.25 bits per heavy atom. The number of nitrogens with zero attached hydrogens (tertiary/aromatic N) is 5. The number of nitrogens with two attached hydrogens (primary N) is 1. The average Bonchev–Trinajstić information content (AvgIpc) is 3.32. The van der Waals surface area contributed by atoms with E-state index < -0.39 is 0 Å². The second-order valence-electron chi connectivity index (χ2n) is 7.09. The second kappa shape index (κ2) is 8.28. The summed E-state index contributed by atoms with van der Waals surface area (Å²) in [7, 11) is 5.22. The fraction of sp³-hybridized carbons (Fsp3) is 0.474. The maximum Gasteiger partial charge on any atom is 0.290 e. The summed E-state index contributed by atoms with van der Waals surface area (Å²) in [6.07, 6.45) is 4.76. The highest BCUT2D eigenvalue weighted by atomic mass is 16.5. The Bertz CT molecular complexity index is 957. The lowest BCUT2D eigenvalue weighted by Crippen LogP contribution is -2.25. The van der Waals surface area contributed by atoms with Gasteiger partial charge in [-0.25, -0.2) is 4.68 Å². The Hall–Kier alpha value is -3.10. The number of nitrogens with one attached hydrogen (secondary N) is 1. The van der Waals surface area contributed by atoms with Crippen LogP contribution < -0.4 is 21.3 Å². The number of aliphatic imine (C=N–C) groups is 1. The van der Waals surface area contributed by atoms with Crippen LogP contribution in [0.15, 0.2) is 39.9 Å². The summed E-state index contributed by atoms with van der Waals surface area (Å²) < 4.78 is 8.92. The summed E-state index contributed by atoms with van der Waals surface area (Å²) in [5, 5.41) is 11.7. The number of ether oxygens (including phenoxy) is 1. The van der Waals surface area contributed by atoms with E-state index in [-0.39, 0.29) is 5.56 Å². The van der Waals surface area contributed by atoms with Gasteiger partial charge in [-0.05, 0) is 25.5 Å². The zero-order valence-electron chi connectivity index (χ0n) is 16.7. The van der Waals surface area contributed by atoms with Crippen molar-refractivity contribution in [1.29, 1.82) is 0 Å². The van der Waals surface area contributed by atoms with Crippen molar-refractivity contribution in [3.63, 3.8) is 0 Å². The molecular weight excluding hydrogens is 358 g/mol. The second-order valence-corrected chi connectivity index (χ2v) is 7.09. The maximum atomic E-state index is 12.3. The highest BCUT2D eigenvalue weighted by molar-refractivity contribution is 5.93. The smallest absolute Gasteiger partial charge is 0.290 e. The summed E-state index contributed by atoms with van der Waals surface area (Å²) in [4.78, 5) is 16.3. The molecule has 0 aromatic carbocycles. The van der Waals surface area contributed by atoms with Gasteiger partial charge in [0.05, 0.1) is 18.8 Å². The predicted octanol–water partition coefficient (Wildman–Crippen LogP) is 1.04. The van der Waals surface area contributed by atoms with Crippen LogP contribution in [-0.4, -0.2) is 45.5 Å². The van der Waals surface area contributed by atoms with Crippen molar-refractivity contribution >= 4 is 11.4 Å². The van der Waals surface area contributed by atoms with E-state index in [9.17, 15) is 4.79 Å². The Morgan fingerprint density at radius 1 is 1.46 bits per heavy atom. The number of rotatable bonds is 8. The van der Waals surface area contributed by atoms with Gasteiger partial charge in [-0.15, -0.1) is 5.10 Å². The quantitative estimate of drug-likeness (QED) is 0.657. The van der Waals surface area contributed by atoms with Crippen molar-refractivity contribution in [1.82, 2.24) is 19.6 Å². The van der Waals surface area contributed by atoms with Gasteiger partial charge in [0.15, 0.2) is 0 Å². The minimum absolute atomic E-state index is 0.237. The molecule has 2 heterocycles. The van der Waals surface area contributed by atoms with Crippen molar-refractivity contribution < 1.29 is 4.74 Å². The van der Waals surface area contributed by atoms with Crippen LogP contribution in [-0.2, 0) is 14.1 Å². The molecule has 3 N–H and O–H groups in total. The van der Waals surface area contributed by atoms with E-state index in [1.165, 1.54) is 4.68 Å². The Kier molecular flexibility index (Phi) is 5.81. The van der Waals surface area contributed by atoms with E-state index in [4.69, 9.17) is 10.5 Å². The minimum atomic E-state index is -0.237. The molecule has 0 bridgehead atoms. The molecule has 3 rings (SSSR count). The first-order valence-corrected chi connectivity index (χ1v) is 9.21. The van der Waals surface area contributed by atoms with Gasteiger partial charge in [0.1, 0.15) is 5.69 Å². The molecule has 150 valence electrons. The van der Waals surface area contributed by atoms with E-state index in [1.54, 1.807) is 26.2 Å². The normalized spacial score (nSPS) is 19.6. The number of aromatic nitrogens is 4. The fourth-order valence-corrected chi connectivity index (χ4v) is 2.98. The maximum absolute atomic E-state index is 12.3. The largest absolute Gasteiger partial charge is 0.476 e. The SMILES string of the molecule is CN=C(C)C=C(N)CNc1cc(OC[C@H]2C[C@@H]2c2ccn(C)n2)nn(C)c1=O. The highest BCUT2D eigenvalue weighted by Gasteiger charge is 2.40. The topological polar surface area (TPSA) is 112 Å². The zero-order chi connectivity index (χ0) is 20.3. The highest BCUT2D eigenvalue weighted by Crippen LogP contribution is 2.46. The molecule has 28 heavy (non-hydrogen) atoms. The molecule has 0 radical (unpaired) electrons. The molecule has 2 atom stereocenters. The molecule has 1 fully saturated rings. The summed E-state index contributed by atoms with van der Waals surface area (Å²) in [6, 6.07) is 3.66. The van der Waals surface area contributed by atoms with Gasteiger partial charge in [0.2, 0.25) is 5.88 Å². The van der Waals surface area contributed by atoms with Crippen LogP contribution in [0.2, 0.25) is 0 Å². The van der Waals surface area contributed by atoms with E-state index in [1.807, 2.05) is 30.9 Å². The summed E-state index contributed by atoms with van der Waals surface area (Å²) >= 11 is 0. The van der Waals surface area contributed by atoms with Gasteiger partial charge < -0.3 is 15.8 Å². The minimum Gasteiger partial charge on any atom is -0.476 e. The fourth-order valence-electron chi connectivity index (χ4n) is 2.98. The third-order valence-corrected chi connectivity index (χ3v) is 4.75. The lowest BCUT2D eigenvalue weighted by Gasteiger charge is -2.11. The number of hydrogen-bond acceptors (Lipinski definition) is 7. The molecule has 0 unspecified atom stereocenters. The van der Waals surface area contributed by atoms with Crippen molar-refractivity contribution in [3.05, 3.63) is 46.2 Å². The van der Waals surface area contributed by atoms with E-state index in [2.05, 4.69) is 20.5 Å². The standard InChI is InChI=1S/C19H27N7O2/c1-12(21-2)7-14(20)10-22-17-9-18(24-26(4)19(17)27)28-11-13-8-15(13)16-5-6-25(3)23-16/h5-7,9,13,15,22H,8,10-11,20H2,1-4H3/t13-,15+/m1/s1. The van der Waals surface area contributed by atoms with Crippen LogP contribution in [0.3, 0.4) is 0 Å². The van der Waals surface area contributed by atoms with Gasteiger partial charge in [-0.3, -0.25) is 14.5 Å². The van der Waals surface area contributed by atoms with Gasteiger partial charge in [0, 0.05) is 56.7 Å². The molecule has 0 saturated heterocycles. The van der Waals surface area contributed by atoms with Crippen LogP contribution in [0.25, 0.3) is 0 Å². The third kappa shape index (κ3) is 4.79. The van der Waals surface area contributed by atoms with E-state index >= 15 is 0 Å². The first kappa shape index (κ1) is 19.7. The average molecular weight is 385 g/mol. The zero-order valence-corrected chi connectivity index (χ0v) is 16.7. The number of aryl methyl sites for hydroxylation is 2. The first-order chi connectivity index (χ1) is 13.4. The predicted molar refractivity (Wildman–Crippen MR) is 109 cm³/mol. The van der Waals surface area contributed by atoms with Crippen LogP contribution in [0, 0.1) is 5.92 Å². The van der Waals surface area contributed by atoms with Crippen LogP contribution in [0.1, 0.15) is 25.0 Å². The third-order valence-electron chi connectivity index (χ3n) is 4.75. The molecule has 0 spiro atoms. The summed E-state index contributed by atoms with van der Waals surface area (Å²) in [5.74, 6) is 1.25. The summed E-state index contributed by atoms with van der Waals surface area (Å²) in [6.45, 7) is 2.73. The van der Waals surface area contributed by atoms with Crippen molar-refractivity contribution in [2.45, 2.75) is 19.3 Å². The van der Waals surface area contributed by atoms with Crippen molar-refractivity contribution in [2.75, 3.05) is 25.5 Å².